The molecule has 6 heteroatoms. The summed E-state index contributed by atoms with van der Waals surface area (Å²) in [6.45, 7) is 2.12. The standard InChI is InChI=1S/C15H15NO4S/c1-11-6-7-12(16(18)19)14(10-11)20-8-2-4-13(17)15-5-3-9-21-15/h3,5-7,9-10H,2,4,8H2,1H3. The van der Waals surface area contributed by atoms with Gasteiger partial charge in [-0.2, -0.15) is 0 Å². The zero-order valence-electron chi connectivity index (χ0n) is 11.6. The van der Waals surface area contributed by atoms with Gasteiger partial charge in [0.2, 0.25) is 0 Å². The maximum absolute atomic E-state index is 11.8. The van der Waals surface area contributed by atoms with Crippen LogP contribution in [0.4, 0.5) is 5.69 Å². The van der Waals surface area contributed by atoms with Gasteiger partial charge in [0.15, 0.2) is 11.5 Å². The number of thiophene rings is 1. The number of benzene rings is 1. The third-order valence-corrected chi connectivity index (χ3v) is 3.82. The van der Waals surface area contributed by atoms with Crippen LogP contribution in [-0.4, -0.2) is 17.3 Å². The van der Waals surface area contributed by atoms with Crippen LogP contribution in [0.25, 0.3) is 0 Å². The minimum Gasteiger partial charge on any atom is -0.487 e. The maximum Gasteiger partial charge on any atom is 0.310 e. The summed E-state index contributed by atoms with van der Waals surface area (Å²) in [6.07, 6.45) is 0.905. The Kier molecular flexibility index (Phi) is 5.05. The summed E-state index contributed by atoms with van der Waals surface area (Å²) >= 11 is 1.41. The molecule has 1 heterocycles. The molecular weight excluding hydrogens is 290 g/mol. The number of Topliss-reactive ketones (excluding diaryl/α,β-unsaturated/α-hetero) is 1. The molecule has 2 rings (SSSR count). The lowest BCUT2D eigenvalue weighted by molar-refractivity contribution is -0.385. The third kappa shape index (κ3) is 4.13. The average molecular weight is 305 g/mol. The van der Waals surface area contributed by atoms with Crippen molar-refractivity contribution in [3.05, 3.63) is 56.3 Å². The van der Waals surface area contributed by atoms with E-state index in [-0.39, 0.29) is 23.8 Å². The Labute approximate surface area is 126 Å². The fourth-order valence-electron chi connectivity index (χ4n) is 1.86. The highest BCUT2D eigenvalue weighted by molar-refractivity contribution is 7.12. The Balaban J connectivity index is 1.87. The molecule has 2 aromatic rings. The van der Waals surface area contributed by atoms with E-state index in [1.165, 1.54) is 17.4 Å². The number of carbonyl (C=O) groups is 1. The Bertz CT molecular complexity index is 637. The molecule has 0 amide bonds. The normalized spacial score (nSPS) is 10.3. The minimum atomic E-state index is -0.467. The zero-order valence-corrected chi connectivity index (χ0v) is 12.4. The van der Waals surface area contributed by atoms with Gasteiger partial charge in [0.05, 0.1) is 16.4 Å². The van der Waals surface area contributed by atoms with Crippen molar-refractivity contribution >= 4 is 22.8 Å². The van der Waals surface area contributed by atoms with E-state index >= 15 is 0 Å². The topological polar surface area (TPSA) is 69.4 Å². The summed E-state index contributed by atoms with van der Waals surface area (Å²) in [5.41, 5.74) is 0.843. The molecule has 0 unspecified atom stereocenters. The number of hydrogen-bond acceptors (Lipinski definition) is 5. The number of ketones is 1. The van der Waals surface area contributed by atoms with Gasteiger partial charge in [-0.25, -0.2) is 0 Å². The first-order chi connectivity index (χ1) is 10.1. The number of carbonyl (C=O) groups excluding carboxylic acids is 1. The first kappa shape index (κ1) is 15.2. The van der Waals surface area contributed by atoms with Crippen LogP contribution in [0.5, 0.6) is 5.75 Å². The second-order valence-electron chi connectivity index (χ2n) is 4.58. The monoisotopic (exact) mass is 305 g/mol. The molecule has 1 aromatic carbocycles. The van der Waals surface area contributed by atoms with E-state index < -0.39 is 4.92 Å². The average Bonchev–Trinajstić information content (AvgIpc) is 2.97. The van der Waals surface area contributed by atoms with E-state index in [2.05, 4.69) is 0 Å². The molecule has 0 saturated heterocycles. The Morgan fingerprint density at radius 1 is 1.38 bits per heavy atom. The molecular formula is C15H15NO4S. The molecule has 110 valence electrons. The molecule has 0 bridgehead atoms. The third-order valence-electron chi connectivity index (χ3n) is 2.91. The molecule has 1 aromatic heterocycles. The SMILES string of the molecule is Cc1ccc([N+](=O)[O-])c(OCCCC(=O)c2cccs2)c1. The maximum atomic E-state index is 11.8. The number of nitro benzene ring substituents is 1. The van der Waals surface area contributed by atoms with Crippen LogP contribution in [0, 0.1) is 17.0 Å². The van der Waals surface area contributed by atoms with Gasteiger partial charge >= 0.3 is 5.69 Å². The number of aryl methyl sites for hydroxylation is 1. The smallest absolute Gasteiger partial charge is 0.310 e. The first-order valence-corrected chi connectivity index (χ1v) is 7.40. The molecule has 0 aliphatic carbocycles. The zero-order chi connectivity index (χ0) is 15.2. The lowest BCUT2D eigenvalue weighted by atomic mass is 10.2. The van der Waals surface area contributed by atoms with Crippen molar-refractivity contribution < 1.29 is 14.5 Å². The lowest BCUT2D eigenvalue weighted by Crippen LogP contribution is -2.04. The molecule has 0 fully saturated rings. The predicted octanol–water partition coefficient (Wildman–Crippen LogP) is 4.01. The Hall–Kier alpha value is -2.21. The highest BCUT2D eigenvalue weighted by Gasteiger charge is 2.15. The largest absolute Gasteiger partial charge is 0.487 e. The highest BCUT2D eigenvalue weighted by atomic mass is 32.1. The van der Waals surface area contributed by atoms with Crippen LogP contribution >= 0.6 is 11.3 Å². The lowest BCUT2D eigenvalue weighted by Gasteiger charge is -2.07. The van der Waals surface area contributed by atoms with E-state index in [1.54, 1.807) is 18.2 Å². The number of rotatable bonds is 7. The summed E-state index contributed by atoms with van der Waals surface area (Å²) in [7, 11) is 0. The fourth-order valence-corrected chi connectivity index (χ4v) is 2.56. The molecule has 0 atom stereocenters. The van der Waals surface area contributed by atoms with Gasteiger partial charge in [-0.05, 0) is 36.4 Å². The van der Waals surface area contributed by atoms with Crippen LogP contribution in [0.15, 0.2) is 35.7 Å². The number of nitro groups is 1. The van der Waals surface area contributed by atoms with E-state index in [0.717, 1.165) is 10.4 Å². The second-order valence-corrected chi connectivity index (χ2v) is 5.53. The van der Waals surface area contributed by atoms with Crippen LogP contribution in [0.1, 0.15) is 28.1 Å². The molecule has 0 saturated carbocycles. The number of nitrogens with zero attached hydrogens (tertiary/aromatic N) is 1. The quantitative estimate of drug-likeness (QED) is 0.335. The van der Waals surface area contributed by atoms with Gasteiger partial charge < -0.3 is 4.74 Å². The van der Waals surface area contributed by atoms with E-state index in [9.17, 15) is 14.9 Å². The molecule has 0 aliphatic heterocycles. The summed E-state index contributed by atoms with van der Waals surface area (Å²) in [4.78, 5) is 23.0. The van der Waals surface area contributed by atoms with Crippen LogP contribution < -0.4 is 4.74 Å². The van der Waals surface area contributed by atoms with Crippen molar-refractivity contribution in [2.24, 2.45) is 0 Å². The number of hydrogen-bond donors (Lipinski definition) is 0. The second kappa shape index (κ2) is 6.99. The van der Waals surface area contributed by atoms with Crippen LogP contribution in [-0.2, 0) is 0 Å². The Morgan fingerprint density at radius 3 is 2.86 bits per heavy atom. The molecule has 0 spiro atoms. The molecule has 0 radical (unpaired) electrons. The molecule has 21 heavy (non-hydrogen) atoms. The molecule has 0 N–H and O–H groups in total. The molecule has 0 aliphatic rings. The van der Waals surface area contributed by atoms with Crippen molar-refractivity contribution in [3.8, 4) is 5.75 Å². The van der Waals surface area contributed by atoms with Crippen molar-refractivity contribution in [3.63, 3.8) is 0 Å². The Morgan fingerprint density at radius 2 is 2.19 bits per heavy atom. The van der Waals surface area contributed by atoms with Gasteiger partial charge in [0.25, 0.3) is 0 Å². The van der Waals surface area contributed by atoms with Crippen molar-refractivity contribution in [1.29, 1.82) is 0 Å². The van der Waals surface area contributed by atoms with E-state index in [1.807, 2.05) is 18.4 Å². The van der Waals surface area contributed by atoms with Crippen molar-refractivity contribution in [1.82, 2.24) is 0 Å². The van der Waals surface area contributed by atoms with Gasteiger partial charge in [0.1, 0.15) is 0 Å². The van der Waals surface area contributed by atoms with Crippen molar-refractivity contribution in [2.45, 2.75) is 19.8 Å². The van der Waals surface area contributed by atoms with Gasteiger partial charge in [-0.1, -0.05) is 12.1 Å². The summed E-state index contributed by atoms with van der Waals surface area (Å²) in [5, 5.41) is 12.8. The van der Waals surface area contributed by atoms with Crippen LogP contribution in [0.2, 0.25) is 0 Å². The predicted molar refractivity (Wildman–Crippen MR) is 81.2 cm³/mol. The summed E-state index contributed by atoms with van der Waals surface area (Å²) in [5.74, 6) is 0.330. The minimum absolute atomic E-state index is 0.0508. The van der Waals surface area contributed by atoms with Gasteiger partial charge in [-0.3, -0.25) is 14.9 Å². The summed E-state index contributed by atoms with van der Waals surface area (Å²) in [6, 6.07) is 8.37. The van der Waals surface area contributed by atoms with Crippen molar-refractivity contribution in [2.75, 3.05) is 6.61 Å². The summed E-state index contributed by atoms with van der Waals surface area (Å²) < 4.78 is 5.46. The fraction of sp³-hybridized carbons (Fsp3) is 0.267. The van der Waals surface area contributed by atoms with Gasteiger partial charge in [0, 0.05) is 12.5 Å². The number of ether oxygens (including phenoxy) is 1. The van der Waals surface area contributed by atoms with Crippen LogP contribution in [0.3, 0.4) is 0 Å². The molecule has 5 nitrogen and oxygen atoms in total. The highest BCUT2D eigenvalue weighted by Crippen LogP contribution is 2.27. The first-order valence-electron chi connectivity index (χ1n) is 6.52. The van der Waals surface area contributed by atoms with E-state index in [4.69, 9.17) is 4.74 Å². The van der Waals surface area contributed by atoms with Gasteiger partial charge in [-0.15, -0.1) is 11.3 Å². The van der Waals surface area contributed by atoms with E-state index in [0.29, 0.717) is 12.8 Å².